The lowest BCUT2D eigenvalue weighted by Gasteiger charge is -2.41. The second-order valence-corrected chi connectivity index (χ2v) is 11.1. The van der Waals surface area contributed by atoms with Crippen LogP contribution in [0.2, 0.25) is 10.0 Å². The highest BCUT2D eigenvalue weighted by Gasteiger charge is 2.70. The van der Waals surface area contributed by atoms with Crippen LogP contribution in [0.4, 0.5) is 4.39 Å². The molecule has 4 nitrogen and oxygen atoms in total. The minimum absolute atomic E-state index is 0.0307. The Labute approximate surface area is 209 Å². The monoisotopic (exact) mass is 500 g/mol. The van der Waals surface area contributed by atoms with Gasteiger partial charge in [0.1, 0.15) is 17.3 Å². The lowest BCUT2D eigenvalue weighted by atomic mass is 9.63. The molecule has 2 aliphatic heterocycles. The van der Waals surface area contributed by atoms with Crippen LogP contribution in [0, 0.1) is 23.1 Å². The van der Waals surface area contributed by atoms with Crippen molar-refractivity contribution in [1.29, 1.82) is 5.26 Å². The Morgan fingerprint density at radius 3 is 2.47 bits per heavy atom. The number of fused-ring (bicyclic) bond motifs is 1. The Bertz CT molecular complexity index is 1160. The Kier molecular flexibility index (Phi) is 5.91. The first kappa shape index (κ1) is 23.6. The molecule has 2 heterocycles. The van der Waals surface area contributed by atoms with Crippen LogP contribution < -0.4 is 0 Å². The molecule has 2 aromatic carbocycles. The van der Waals surface area contributed by atoms with Crippen molar-refractivity contribution in [3.63, 3.8) is 0 Å². The van der Waals surface area contributed by atoms with E-state index in [1.54, 1.807) is 24.3 Å². The number of carbonyl (C=O) groups is 1. The Balaban J connectivity index is 1.79. The highest BCUT2D eigenvalue weighted by atomic mass is 35.5. The maximum atomic E-state index is 15.6. The van der Waals surface area contributed by atoms with Gasteiger partial charge in [-0.1, -0.05) is 73.2 Å². The van der Waals surface area contributed by atoms with E-state index in [0.29, 0.717) is 10.9 Å². The van der Waals surface area contributed by atoms with Gasteiger partial charge in [-0.3, -0.25) is 4.79 Å². The minimum Gasteiger partial charge on any atom is -0.443 e. The Hall–Kier alpha value is -2.13. The standard InChI is InChI=1S/C27H27Cl2FN2O2/c1-26(2)32-21(14-16-6-3-4-7-16)27(15-31,17-10-12-18(28)13-11-17)22(24(32)25(33)34-26)19-8-5-9-20(29)23(19)30/h5,8-13,16,21-22,24H,3-4,6-7,14H2,1-2H3/t21-,22-,24+,27-/m0/s1. The normalized spacial score (nSPS) is 30.8. The molecule has 5 rings (SSSR count). The number of nitrogens with zero attached hydrogens (tertiary/aromatic N) is 2. The van der Waals surface area contributed by atoms with Gasteiger partial charge in [0.15, 0.2) is 5.72 Å². The third-order valence-corrected chi connectivity index (χ3v) is 8.58. The van der Waals surface area contributed by atoms with Crippen LogP contribution in [0.25, 0.3) is 0 Å². The Morgan fingerprint density at radius 1 is 1.15 bits per heavy atom. The summed E-state index contributed by atoms with van der Waals surface area (Å²) in [4.78, 5) is 15.4. The fourth-order valence-electron chi connectivity index (χ4n) is 6.69. The molecule has 1 aliphatic carbocycles. The molecule has 0 spiro atoms. The van der Waals surface area contributed by atoms with E-state index in [9.17, 15) is 10.1 Å². The summed E-state index contributed by atoms with van der Waals surface area (Å²) in [6.07, 6.45) is 5.22. The first-order chi connectivity index (χ1) is 16.2. The fraction of sp³-hybridized carbons (Fsp3) is 0.481. The SMILES string of the molecule is CC1(C)OC(=O)[C@H]2[C@H](c3cccc(Cl)c3F)[C@@](C#N)(c3ccc(Cl)cc3)[C@H](CC3CCCC3)N21. The number of benzene rings is 2. The van der Waals surface area contributed by atoms with Gasteiger partial charge < -0.3 is 4.74 Å². The van der Waals surface area contributed by atoms with Gasteiger partial charge in [0, 0.05) is 17.0 Å². The second-order valence-electron chi connectivity index (χ2n) is 10.2. The fourth-order valence-corrected chi connectivity index (χ4v) is 7.00. The summed E-state index contributed by atoms with van der Waals surface area (Å²) in [5.41, 5.74) is -1.13. The van der Waals surface area contributed by atoms with Gasteiger partial charge in [-0.05, 0) is 55.5 Å². The number of cyclic esters (lactones) is 1. The number of halogens is 3. The number of hydrogen-bond donors (Lipinski definition) is 0. The third kappa shape index (κ3) is 3.46. The molecule has 0 N–H and O–H groups in total. The molecule has 0 amide bonds. The predicted octanol–water partition coefficient (Wildman–Crippen LogP) is 6.60. The molecule has 3 fully saturated rings. The van der Waals surface area contributed by atoms with Gasteiger partial charge in [0.2, 0.25) is 0 Å². The topological polar surface area (TPSA) is 53.3 Å². The van der Waals surface area contributed by atoms with Crippen LogP contribution in [0.1, 0.15) is 63.0 Å². The summed E-state index contributed by atoms with van der Waals surface area (Å²) < 4.78 is 21.4. The van der Waals surface area contributed by atoms with E-state index in [1.807, 2.05) is 30.9 Å². The highest BCUT2D eigenvalue weighted by Crippen LogP contribution is 2.60. The van der Waals surface area contributed by atoms with Crippen LogP contribution in [-0.2, 0) is 14.9 Å². The molecule has 3 aliphatic rings. The van der Waals surface area contributed by atoms with Gasteiger partial charge in [0.25, 0.3) is 0 Å². The van der Waals surface area contributed by atoms with Crippen LogP contribution in [0.15, 0.2) is 42.5 Å². The van der Waals surface area contributed by atoms with Crippen molar-refractivity contribution in [2.75, 3.05) is 0 Å². The summed E-state index contributed by atoms with van der Waals surface area (Å²) >= 11 is 12.4. The van der Waals surface area contributed by atoms with Crippen LogP contribution in [0.5, 0.6) is 0 Å². The summed E-state index contributed by atoms with van der Waals surface area (Å²) in [6, 6.07) is 13.4. The number of nitriles is 1. The first-order valence-corrected chi connectivity index (χ1v) is 12.6. The Morgan fingerprint density at radius 2 is 1.82 bits per heavy atom. The average molecular weight is 501 g/mol. The molecule has 0 radical (unpaired) electrons. The van der Waals surface area contributed by atoms with Crippen molar-refractivity contribution in [1.82, 2.24) is 4.90 Å². The maximum absolute atomic E-state index is 15.6. The first-order valence-electron chi connectivity index (χ1n) is 11.8. The molecule has 34 heavy (non-hydrogen) atoms. The van der Waals surface area contributed by atoms with Gasteiger partial charge in [-0.15, -0.1) is 0 Å². The maximum Gasteiger partial charge on any atom is 0.325 e. The minimum atomic E-state index is -1.19. The third-order valence-electron chi connectivity index (χ3n) is 8.04. The van der Waals surface area contributed by atoms with Crippen molar-refractivity contribution >= 4 is 29.2 Å². The molecule has 0 bridgehead atoms. The van der Waals surface area contributed by atoms with E-state index in [2.05, 4.69) is 6.07 Å². The zero-order chi connectivity index (χ0) is 24.3. The molecule has 1 saturated carbocycles. The van der Waals surface area contributed by atoms with E-state index in [4.69, 9.17) is 27.9 Å². The highest BCUT2D eigenvalue weighted by molar-refractivity contribution is 6.31. The average Bonchev–Trinajstić information content (AvgIpc) is 3.47. The number of rotatable bonds is 4. The van der Waals surface area contributed by atoms with E-state index in [0.717, 1.165) is 37.7 Å². The van der Waals surface area contributed by atoms with E-state index in [-0.39, 0.29) is 16.6 Å². The number of ether oxygens (including phenoxy) is 1. The molecule has 7 heteroatoms. The number of carbonyl (C=O) groups excluding carboxylic acids is 1. The lowest BCUT2D eigenvalue weighted by Crippen LogP contribution is -2.51. The quantitative estimate of drug-likeness (QED) is 0.443. The number of hydrogen-bond acceptors (Lipinski definition) is 4. The van der Waals surface area contributed by atoms with Crippen molar-refractivity contribution in [2.24, 2.45) is 5.92 Å². The molecule has 2 aromatic rings. The lowest BCUT2D eigenvalue weighted by molar-refractivity contribution is -0.152. The summed E-state index contributed by atoms with van der Waals surface area (Å²) in [5.74, 6) is -1.39. The second kappa shape index (κ2) is 8.52. The van der Waals surface area contributed by atoms with Crippen LogP contribution in [0.3, 0.4) is 0 Å². The smallest absolute Gasteiger partial charge is 0.325 e. The van der Waals surface area contributed by atoms with Crippen LogP contribution >= 0.6 is 23.2 Å². The van der Waals surface area contributed by atoms with E-state index < -0.39 is 34.9 Å². The van der Waals surface area contributed by atoms with Crippen molar-refractivity contribution in [3.05, 3.63) is 69.5 Å². The van der Waals surface area contributed by atoms with Gasteiger partial charge in [0.05, 0.1) is 11.1 Å². The van der Waals surface area contributed by atoms with E-state index >= 15 is 4.39 Å². The molecule has 4 atom stereocenters. The molecule has 0 unspecified atom stereocenters. The molecule has 2 saturated heterocycles. The van der Waals surface area contributed by atoms with Crippen molar-refractivity contribution in [2.45, 2.75) is 75.1 Å². The zero-order valence-corrected chi connectivity index (χ0v) is 20.7. The van der Waals surface area contributed by atoms with Gasteiger partial charge >= 0.3 is 5.97 Å². The van der Waals surface area contributed by atoms with Gasteiger partial charge in [-0.25, -0.2) is 9.29 Å². The van der Waals surface area contributed by atoms with E-state index in [1.165, 1.54) is 6.07 Å². The summed E-state index contributed by atoms with van der Waals surface area (Å²) in [7, 11) is 0. The van der Waals surface area contributed by atoms with Gasteiger partial charge in [-0.2, -0.15) is 5.26 Å². The molecule has 0 aromatic heterocycles. The predicted molar refractivity (Wildman–Crippen MR) is 129 cm³/mol. The summed E-state index contributed by atoms with van der Waals surface area (Å²) in [5, 5.41) is 11.5. The molecular weight excluding hydrogens is 474 g/mol. The zero-order valence-electron chi connectivity index (χ0n) is 19.2. The van der Waals surface area contributed by atoms with Crippen molar-refractivity contribution < 1.29 is 13.9 Å². The van der Waals surface area contributed by atoms with Crippen molar-refractivity contribution in [3.8, 4) is 6.07 Å². The van der Waals surface area contributed by atoms with Crippen LogP contribution in [-0.4, -0.2) is 28.7 Å². The largest absolute Gasteiger partial charge is 0.443 e. The molecule has 178 valence electrons. The summed E-state index contributed by atoms with van der Waals surface area (Å²) in [6.45, 7) is 3.71. The number of esters is 1. The molecular formula is C27H27Cl2FN2O2.